The first-order chi connectivity index (χ1) is 8.94. The number of nitrogen functional groups attached to an aromatic ring is 1. The van der Waals surface area contributed by atoms with E-state index in [1.165, 1.54) is 0 Å². The summed E-state index contributed by atoms with van der Waals surface area (Å²) in [6.45, 7) is 2.65. The van der Waals surface area contributed by atoms with Crippen molar-refractivity contribution in [2.24, 2.45) is 0 Å². The minimum absolute atomic E-state index is 0.0765. The zero-order valence-corrected chi connectivity index (χ0v) is 12.1. The van der Waals surface area contributed by atoms with Gasteiger partial charge in [-0.2, -0.15) is 4.37 Å². The Labute approximate surface area is 115 Å². The molecule has 19 heavy (non-hydrogen) atoms. The first-order valence-corrected chi connectivity index (χ1v) is 8.41. The van der Waals surface area contributed by atoms with Crippen LogP contribution < -0.4 is 10.6 Å². The van der Waals surface area contributed by atoms with E-state index < -0.39 is 15.8 Å². The molecule has 2 rings (SSSR count). The lowest BCUT2D eigenvalue weighted by Crippen LogP contribution is -2.40. The Hall–Kier alpha value is -1.35. The molecule has 1 aromatic rings. The van der Waals surface area contributed by atoms with Crippen LogP contribution in [0.15, 0.2) is 0 Å². The van der Waals surface area contributed by atoms with Gasteiger partial charge in [-0.3, -0.25) is 0 Å². The highest BCUT2D eigenvalue weighted by Gasteiger charge is 2.29. The second-order valence-corrected chi connectivity index (χ2v) is 7.16. The minimum Gasteiger partial charge on any atom is -0.462 e. The topological polar surface area (TPSA) is 103 Å². The number of carbonyl (C=O) groups excluding carboxylic acids is 1. The van der Waals surface area contributed by atoms with E-state index in [4.69, 9.17) is 10.5 Å². The third kappa shape index (κ3) is 2.98. The summed E-state index contributed by atoms with van der Waals surface area (Å²) in [6.07, 6.45) is 0. The van der Waals surface area contributed by atoms with Crippen molar-refractivity contribution in [3.8, 4) is 0 Å². The van der Waals surface area contributed by atoms with Crippen LogP contribution in [0.25, 0.3) is 0 Å². The number of nitrogens with zero attached hydrogens (tertiary/aromatic N) is 2. The zero-order chi connectivity index (χ0) is 14.0. The van der Waals surface area contributed by atoms with E-state index in [2.05, 4.69) is 4.37 Å². The fourth-order valence-electron chi connectivity index (χ4n) is 1.82. The maximum atomic E-state index is 11.8. The molecule has 0 atom stereocenters. The number of aromatic nitrogens is 1. The first kappa shape index (κ1) is 14.1. The first-order valence-electron chi connectivity index (χ1n) is 5.82. The highest BCUT2D eigenvalue weighted by molar-refractivity contribution is 7.91. The molecule has 0 bridgehead atoms. The van der Waals surface area contributed by atoms with Crippen molar-refractivity contribution in [3.63, 3.8) is 0 Å². The van der Waals surface area contributed by atoms with Gasteiger partial charge in [0.05, 0.1) is 18.1 Å². The van der Waals surface area contributed by atoms with Gasteiger partial charge in [0.25, 0.3) is 0 Å². The van der Waals surface area contributed by atoms with Crippen LogP contribution in [0, 0.1) is 0 Å². The van der Waals surface area contributed by atoms with Crippen molar-refractivity contribution in [2.45, 2.75) is 6.92 Å². The number of sulfone groups is 1. The van der Waals surface area contributed by atoms with Crippen LogP contribution >= 0.6 is 11.5 Å². The van der Waals surface area contributed by atoms with Crippen molar-refractivity contribution < 1.29 is 17.9 Å². The molecule has 2 heterocycles. The van der Waals surface area contributed by atoms with E-state index in [1.807, 2.05) is 4.90 Å². The summed E-state index contributed by atoms with van der Waals surface area (Å²) in [5.41, 5.74) is 5.93. The number of ether oxygens (including phenoxy) is 1. The molecule has 106 valence electrons. The molecule has 0 unspecified atom stereocenters. The molecule has 7 nitrogen and oxygen atoms in total. The van der Waals surface area contributed by atoms with Crippen molar-refractivity contribution in [1.82, 2.24) is 4.37 Å². The Bertz CT molecular complexity index is 568. The third-order valence-electron chi connectivity index (χ3n) is 2.81. The van der Waals surface area contributed by atoms with Crippen molar-refractivity contribution in [2.75, 3.05) is 41.8 Å². The van der Waals surface area contributed by atoms with E-state index in [0.29, 0.717) is 18.1 Å². The Morgan fingerprint density at radius 3 is 2.68 bits per heavy atom. The van der Waals surface area contributed by atoms with Gasteiger partial charge in [-0.05, 0) is 18.5 Å². The Balaban J connectivity index is 2.24. The predicted octanol–water partition coefficient (Wildman–Crippen LogP) is 0.137. The number of anilines is 2. The lowest BCUT2D eigenvalue weighted by molar-refractivity contribution is 0.0528. The van der Waals surface area contributed by atoms with Crippen molar-refractivity contribution in [1.29, 1.82) is 0 Å². The van der Waals surface area contributed by atoms with Crippen LogP contribution in [0.3, 0.4) is 0 Å². The summed E-state index contributed by atoms with van der Waals surface area (Å²) in [4.78, 5) is 13.7. The molecule has 0 saturated carbocycles. The standard InChI is InChI=1S/C10H15N3O4S2/c1-2-17-10(14)7-8(11)12-18-9(7)13-3-5-19(15,16)6-4-13/h2-6H2,1H3,(H2,11,12). The molecule has 1 fully saturated rings. The summed E-state index contributed by atoms with van der Waals surface area (Å²) in [5, 5.41) is 0.589. The van der Waals surface area contributed by atoms with E-state index in [1.54, 1.807) is 6.92 Å². The minimum atomic E-state index is -2.97. The average molecular weight is 305 g/mol. The summed E-state index contributed by atoms with van der Waals surface area (Å²) in [6, 6.07) is 0. The largest absolute Gasteiger partial charge is 0.462 e. The number of hydrogen-bond acceptors (Lipinski definition) is 8. The molecule has 0 aliphatic carbocycles. The van der Waals surface area contributed by atoms with Gasteiger partial charge in [0.1, 0.15) is 10.6 Å². The van der Waals surface area contributed by atoms with Crippen LogP contribution in [-0.4, -0.2) is 50.0 Å². The number of esters is 1. The van der Waals surface area contributed by atoms with Crippen LogP contribution in [0.2, 0.25) is 0 Å². The molecular weight excluding hydrogens is 290 g/mol. The van der Waals surface area contributed by atoms with E-state index in [9.17, 15) is 13.2 Å². The summed E-state index contributed by atoms with van der Waals surface area (Å²) < 4.78 is 31.7. The zero-order valence-electron chi connectivity index (χ0n) is 10.5. The molecular formula is C10H15N3O4S2. The van der Waals surface area contributed by atoms with Gasteiger partial charge < -0.3 is 15.4 Å². The normalized spacial score (nSPS) is 18.3. The molecule has 0 radical (unpaired) electrons. The highest BCUT2D eigenvalue weighted by atomic mass is 32.2. The van der Waals surface area contributed by atoms with E-state index in [0.717, 1.165) is 11.5 Å². The molecule has 2 N–H and O–H groups in total. The Morgan fingerprint density at radius 2 is 2.11 bits per heavy atom. The molecule has 0 amide bonds. The number of rotatable bonds is 3. The molecule has 1 aliphatic heterocycles. The van der Waals surface area contributed by atoms with Crippen molar-refractivity contribution in [3.05, 3.63) is 5.56 Å². The van der Waals surface area contributed by atoms with Gasteiger partial charge in [-0.1, -0.05) is 0 Å². The Kier molecular flexibility index (Phi) is 3.95. The molecule has 1 saturated heterocycles. The van der Waals surface area contributed by atoms with Crippen molar-refractivity contribution >= 4 is 38.2 Å². The molecule has 1 aliphatic rings. The Morgan fingerprint density at radius 1 is 1.47 bits per heavy atom. The molecule has 1 aromatic heterocycles. The van der Waals surface area contributed by atoms with Crippen LogP contribution in [0.1, 0.15) is 17.3 Å². The maximum absolute atomic E-state index is 11.8. The second-order valence-electron chi connectivity index (χ2n) is 4.11. The van der Waals surface area contributed by atoms with Gasteiger partial charge in [0.15, 0.2) is 15.7 Å². The SMILES string of the molecule is CCOC(=O)c1c(N)nsc1N1CCS(=O)(=O)CC1. The monoisotopic (exact) mass is 305 g/mol. The lowest BCUT2D eigenvalue weighted by atomic mass is 10.3. The highest BCUT2D eigenvalue weighted by Crippen LogP contribution is 2.32. The number of hydrogen-bond donors (Lipinski definition) is 1. The van der Waals surface area contributed by atoms with Gasteiger partial charge in [0.2, 0.25) is 0 Å². The van der Waals surface area contributed by atoms with Gasteiger partial charge in [-0.25, -0.2) is 13.2 Å². The number of carbonyl (C=O) groups is 1. The quantitative estimate of drug-likeness (QED) is 0.792. The number of nitrogens with two attached hydrogens (primary N) is 1. The predicted molar refractivity (Wildman–Crippen MR) is 73.3 cm³/mol. The molecule has 0 aromatic carbocycles. The third-order valence-corrected chi connectivity index (χ3v) is 5.34. The fraction of sp³-hybridized carbons (Fsp3) is 0.600. The van der Waals surface area contributed by atoms with E-state index in [-0.39, 0.29) is 29.5 Å². The van der Waals surface area contributed by atoms with Gasteiger partial charge in [-0.15, -0.1) is 0 Å². The molecule has 0 spiro atoms. The second kappa shape index (κ2) is 5.33. The van der Waals surface area contributed by atoms with Crippen LogP contribution in [-0.2, 0) is 14.6 Å². The maximum Gasteiger partial charge on any atom is 0.345 e. The smallest absolute Gasteiger partial charge is 0.345 e. The lowest BCUT2D eigenvalue weighted by Gasteiger charge is -2.27. The van der Waals surface area contributed by atoms with Gasteiger partial charge >= 0.3 is 5.97 Å². The average Bonchev–Trinajstić information content (AvgIpc) is 2.71. The van der Waals surface area contributed by atoms with Crippen LogP contribution in [0.5, 0.6) is 0 Å². The van der Waals surface area contributed by atoms with E-state index >= 15 is 0 Å². The summed E-state index contributed by atoms with van der Waals surface area (Å²) in [7, 11) is -2.97. The fourth-order valence-corrected chi connectivity index (χ4v) is 3.87. The molecule has 9 heteroatoms. The van der Waals surface area contributed by atoms with Crippen LogP contribution in [0.4, 0.5) is 10.8 Å². The summed E-state index contributed by atoms with van der Waals surface area (Å²) >= 11 is 1.09. The summed E-state index contributed by atoms with van der Waals surface area (Å²) in [5.74, 6) is -0.232. The van der Waals surface area contributed by atoms with Gasteiger partial charge in [0, 0.05) is 13.1 Å².